The standard InChI is InChI=1S/C6H6.CH5ClN4O/c1-2-4-6-5-3-1;2-5-1(7)6(3)4/h1-6H;3-4H2,(H,5,7). The average molecular weight is 203 g/mol. The SMILES string of the molecule is NN(N)C(=O)NCl.c1ccccc1. The van der Waals surface area contributed by atoms with Gasteiger partial charge in [-0.3, -0.25) is 0 Å². The van der Waals surface area contributed by atoms with Crippen LogP contribution in [0.5, 0.6) is 0 Å². The van der Waals surface area contributed by atoms with Crippen LogP contribution in [0, 0.1) is 0 Å². The van der Waals surface area contributed by atoms with E-state index in [1.807, 2.05) is 36.4 Å². The Morgan fingerprint density at radius 3 is 1.46 bits per heavy atom. The molecule has 0 spiro atoms. The van der Waals surface area contributed by atoms with E-state index in [0.717, 1.165) is 0 Å². The fourth-order valence-electron chi connectivity index (χ4n) is 0.434. The van der Waals surface area contributed by atoms with Crippen molar-refractivity contribution >= 4 is 17.8 Å². The molecule has 0 fully saturated rings. The average Bonchev–Trinajstić information content (AvgIpc) is 2.20. The molecule has 5 nitrogen and oxygen atoms in total. The van der Waals surface area contributed by atoms with E-state index in [1.54, 1.807) is 4.84 Å². The van der Waals surface area contributed by atoms with Gasteiger partial charge >= 0.3 is 6.03 Å². The molecule has 0 heterocycles. The lowest BCUT2D eigenvalue weighted by Crippen LogP contribution is -2.46. The van der Waals surface area contributed by atoms with Crippen LogP contribution >= 0.6 is 11.8 Å². The van der Waals surface area contributed by atoms with Crippen LogP contribution in [-0.4, -0.2) is 11.1 Å². The first-order valence-corrected chi connectivity index (χ1v) is 3.76. The Hall–Kier alpha value is -1.30. The number of nitrogens with two attached hydrogens (primary N) is 2. The van der Waals surface area contributed by atoms with Crippen LogP contribution in [0.25, 0.3) is 0 Å². The minimum atomic E-state index is -0.748. The maximum atomic E-state index is 9.94. The van der Waals surface area contributed by atoms with Crippen LogP contribution in [0.4, 0.5) is 4.79 Å². The predicted octanol–water partition coefficient (Wildman–Crippen LogP) is 0.586. The molecule has 1 aromatic carbocycles. The predicted molar refractivity (Wildman–Crippen MR) is 51.0 cm³/mol. The molecule has 1 aromatic rings. The number of carbonyl (C=O) groups excluding carboxylic acids is 1. The number of halogens is 1. The van der Waals surface area contributed by atoms with Crippen molar-refractivity contribution in [2.45, 2.75) is 0 Å². The summed E-state index contributed by atoms with van der Waals surface area (Å²) >= 11 is 4.75. The number of hydrazine groups is 2. The number of nitrogens with one attached hydrogen (secondary N) is 1. The molecular formula is C7H11ClN4O. The Bertz CT molecular complexity index is 202. The summed E-state index contributed by atoms with van der Waals surface area (Å²) in [5.74, 6) is 9.32. The second kappa shape index (κ2) is 7.35. The highest BCUT2D eigenvalue weighted by Gasteiger charge is 1.97. The highest BCUT2D eigenvalue weighted by Crippen LogP contribution is 1.79. The van der Waals surface area contributed by atoms with Gasteiger partial charge in [-0.15, -0.1) is 0 Å². The third-order valence-corrected chi connectivity index (χ3v) is 1.14. The number of benzene rings is 1. The number of amides is 2. The monoisotopic (exact) mass is 202 g/mol. The molecule has 0 bridgehead atoms. The third-order valence-electron chi connectivity index (χ3n) is 0.982. The number of urea groups is 1. The molecule has 6 heteroatoms. The van der Waals surface area contributed by atoms with Crippen LogP contribution in [0.15, 0.2) is 36.4 Å². The summed E-state index contributed by atoms with van der Waals surface area (Å²) in [7, 11) is 0. The molecule has 0 unspecified atom stereocenters. The van der Waals surface area contributed by atoms with E-state index in [4.69, 9.17) is 11.8 Å². The maximum Gasteiger partial charge on any atom is 0.360 e. The van der Waals surface area contributed by atoms with Crippen LogP contribution < -0.4 is 16.5 Å². The maximum absolute atomic E-state index is 9.94. The van der Waals surface area contributed by atoms with Crippen molar-refractivity contribution in [3.63, 3.8) is 0 Å². The van der Waals surface area contributed by atoms with Crippen LogP contribution in [0.1, 0.15) is 0 Å². The van der Waals surface area contributed by atoms with Crippen molar-refractivity contribution in [1.82, 2.24) is 9.95 Å². The molecule has 0 radical (unpaired) electrons. The summed E-state index contributed by atoms with van der Waals surface area (Å²) in [5.41, 5.74) is 0. The van der Waals surface area contributed by atoms with Crippen LogP contribution in [-0.2, 0) is 0 Å². The normalized spacial score (nSPS) is 7.92. The summed E-state index contributed by atoms with van der Waals surface area (Å²) in [6.45, 7) is 0. The summed E-state index contributed by atoms with van der Waals surface area (Å²) in [6, 6.07) is 11.3. The fraction of sp³-hybridized carbons (Fsp3) is 0. The Morgan fingerprint density at radius 2 is 1.38 bits per heavy atom. The number of hydrogen-bond acceptors (Lipinski definition) is 3. The number of nitrogens with zero attached hydrogens (tertiary/aromatic N) is 1. The molecule has 0 saturated heterocycles. The van der Waals surface area contributed by atoms with E-state index in [0.29, 0.717) is 5.12 Å². The highest BCUT2D eigenvalue weighted by atomic mass is 35.5. The highest BCUT2D eigenvalue weighted by molar-refractivity contribution is 6.20. The number of hydrogen-bond donors (Lipinski definition) is 3. The van der Waals surface area contributed by atoms with Crippen LogP contribution in [0.3, 0.4) is 0 Å². The fourth-order valence-corrected chi connectivity index (χ4v) is 0.531. The van der Waals surface area contributed by atoms with E-state index >= 15 is 0 Å². The molecule has 2 amide bonds. The quantitative estimate of drug-likeness (QED) is 0.249. The molecule has 0 aliphatic heterocycles. The lowest BCUT2D eigenvalue weighted by atomic mass is 10.4. The van der Waals surface area contributed by atoms with Gasteiger partial charge in [0.15, 0.2) is 0 Å². The minimum absolute atomic E-state index is 0.340. The van der Waals surface area contributed by atoms with Crippen molar-refractivity contribution in [2.75, 3.05) is 0 Å². The largest absolute Gasteiger partial charge is 0.360 e. The van der Waals surface area contributed by atoms with Gasteiger partial charge < -0.3 is 0 Å². The topological polar surface area (TPSA) is 84.4 Å². The van der Waals surface area contributed by atoms with Gasteiger partial charge in [0.2, 0.25) is 0 Å². The van der Waals surface area contributed by atoms with Gasteiger partial charge in [0.1, 0.15) is 0 Å². The van der Waals surface area contributed by atoms with Gasteiger partial charge in [0.25, 0.3) is 0 Å². The molecular weight excluding hydrogens is 192 g/mol. The van der Waals surface area contributed by atoms with Gasteiger partial charge in [-0.25, -0.2) is 21.3 Å². The second-order valence-corrected chi connectivity index (χ2v) is 2.15. The molecule has 1 rings (SSSR count). The van der Waals surface area contributed by atoms with Gasteiger partial charge in [-0.1, -0.05) is 36.4 Å². The Labute approximate surface area is 81.3 Å². The van der Waals surface area contributed by atoms with E-state index in [-0.39, 0.29) is 0 Å². The summed E-state index contributed by atoms with van der Waals surface area (Å²) in [5, 5.41) is 0.340. The van der Waals surface area contributed by atoms with E-state index in [9.17, 15) is 4.79 Å². The second-order valence-electron chi connectivity index (χ2n) is 1.96. The van der Waals surface area contributed by atoms with Crippen LogP contribution in [0.2, 0.25) is 0 Å². The molecule has 0 aliphatic carbocycles. The first-order chi connectivity index (χ1) is 6.18. The molecule has 13 heavy (non-hydrogen) atoms. The van der Waals surface area contributed by atoms with Crippen molar-refractivity contribution in [3.8, 4) is 0 Å². The number of rotatable bonds is 0. The van der Waals surface area contributed by atoms with Gasteiger partial charge in [-0.05, 0) is 0 Å². The Morgan fingerprint density at radius 1 is 1.08 bits per heavy atom. The zero-order valence-corrected chi connectivity index (χ0v) is 7.61. The van der Waals surface area contributed by atoms with E-state index in [1.165, 1.54) is 0 Å². The molecule has 0 aliphatic rings. The Balaban J connectivity index is 0.000000223. The molecule has 5 N–H and O–H groups in total. The summed E-state index contributed by atoms with van der Waals surface area (Å²) in [4.78, 5) is 11.6. The third kappa shape index (κ3) is 7.07. The first-order valence-electron chi connectivity index (χ1n) is 3.38. The molecule has 0 aromatic heterocycles. The van der Waals surface area contributed by atoms with Crippen molar-refractivity contribution in [2.24, 2.45) is 11.7 Å². The minimum Gasteiger partial charge on any atom is -0.248 e. The number of carbonyl (C=O) groups is 1. The van der Waals surface area contributed by atoms with Crippen molar-refractivity contribution in [3.05, 3.63) is 36.4 Å². The first kappa shape index (κ1) is 11.7. The van der Waals surface area contributed by atoms with E-state index in [2.05, 4.69) is 11.7 Å². The molecule has 0 atom stereocenters. The molecule has 0 saturated carbocycles. The summed E-state index contributed by atoms with van der Waals surface area (Å²) in [6.07, 6.45) is 0. The van der Waals surface area contributed by atoms with Gasteiger partial charge in [0.05, 0.1) is 0 Å². The zero-order chi connectivity index (χ0) is 10.1. The van der Waals surface area contributed by atoms with E-state index < -0.39 is 6.03 Å². The van der Waals surface area contributed by atoms with Gasteiger partial charge in [-0.2, -0.15) is 5.12 Å². The Kier molecular flexibility index (Phi) is 6.62. The van der Waals surface area contributed by atoms with Crippen molar-refractivity contribution < 1.29 is 4.79 Å². The van der Waals surface area contributed by atoms with Gasteiger partial charge in [0, 0.05) is 11.8 Å². The summed E-state index contributed by atoms with van der Waals surface area (Å²) < 4.78 is 0. The molecule has 72 valence electrons. The smallest absolute Gasteiger partial charge is 0.248 e. The lowest BCUT2D eigenvalue weighted by molar-refractivity contribution is 0.206. The lowest BCUT2D eigenvalue weighted by Gasteiger charge is -2.04. The van der Waals surface area contributed by atoms with Crippen molar-refractivity contribution in [1.29, 1.82) is 0 Å². The zero-order valence-electron chi connectivity index (χ0n) is 6.85.